The van der Waals surface area contributed by atoms with Crippen LogP contribution < -0.4 is 5.32 Å². The molecule has 4 heteroatoms. The number of nitrogens with one attached hydrogen (secondary N) is 1. The summed E-state index contributed by atoms with van der Waals surface area (Å²) in [5.41, 5.74) is 2.42. The van der Waals surface area contributed by atoms with Crippen molar-refractivity contribution in [2.75, 3.05) is 0 Å². The summed E-state index contributed by atoms with van der Waals surface area (Å²) in [5, 5.41) is 4.17. The minimum atomic E-state index is 0.476. The third kappa shape index (κ3) is 3.59. The monoisotopic (exact) mass is 263 g/mol. The summed E-state index contributed by atoms with van der Waals surface area (Å²) in [6.07, 6.45) is 3.78. The van der Waals surface area contributed by atoms with Crippen LogP contribution in [-0.4, -0.2) is 15.6 Å². The summed E-state index contributed by atoms with van der Waals surface area (Å²) in [4.78, 5) is 4.21. The molecule has 3 nitrogen and oxygen atoms in total. The molecule has 2 rings (SSSR count). The summed E-state index contributed by atoms with van der Waals surface area (Å²) in [5.74, 6) is 0. The molecule has 0 fully saturated rings. The van der Waals surface area contributed by atoms with Crippen molar-refractivity contribution in [2.45, 2.75) is 33.0 Å². The molecule has 1 aromatic heterocycles. The number of aromatic nitrogens is 2. The van der Waals surface area contributed by atoms with Gasteiger partial charge in [-0.2, -0.15) is 0 Å². The SMILES string of the molecule is CC(C)NCc1cncn1Cc1ccc(Cl)cc1. The fourth-order valence-corrected chi connectivity index (χ4v) is 1.86. The standard InChI is InChI=1S/C14H18ClN3/c1-11(2)17-8-14-7-16-10-18(14)9-12-3-5-13(15)6-4-12/h3-7,10-11,17H,8-9H2,1-2H3. The summed E-state index contributed by atoms with van der Waals surface area (Å²) in [6.45, 7) is 5.94. The molecule has 0 spiro atoms. The third-order valence-corrected chi connectivity index (χ3v) is 3.01. The second-order valence-electron chi connectivity index (χ2n) is 4.67. The maximum absolute atomic E-state index is 5.88. The Morgan fingerprint density at radius 2 is 2.00 bits per heavy atom. The lowest BCUT2D eigenvalue weighted by Crippen LogP contribution is -2.23. The number of hydrogen-bond acceptors (Lipinski definition) is 2. The molecule has 96 valence electrons. The average molecular weight is 264 g/mol. The number of nitrogens with zero attached hydrogens (tertiary/aromatic N) is 2. The molecule has 0 bridgehead atoms. The van der Waals surface area contributed by atoms with Crippen molar-refractivity contribution in [3.8, 4) is 0 Å². The molecule has 0 saturated heterocycles. The summed E-state index contributed by atoms with van der Waals surface area (Å²) < 4.78 is 2.15. The Kier molecular flexibility index (Phi) is 4.39. The first-order valence-corrected chi connectivity index (χ1v) is 6.50. The zero-order chi connectivity index (χ0) is 13.0. The van der Waals surface area contributed by atoms with Crippen molar-refractivity contribution in [2.24, 2.45) is 0 Å². The van der Waals surface area contributed by atoms with Crippen LogP contribution in [0.15, 0.2) is 36.8 Å². The van der Waals surface area contributed by atoms with E-state index in [1.165, 1.54) is 11.3 Å². The van der Waals surface area contributed by atoms with Crippen molar-refractivity contribution in [3.05, 3.63) is 53.1 Å². The van der Waals surface area contributed by atoms with E-state index in [-0.39, 0.29) is 0 Å². The molecule has 0 atom stereocenters. The molecule has 1 aromatic carbocycles. The average Bonchev–Trinajstić information content (AvgIpc) is 2.77. The first-order valence-electron chi connectivity index (χ1n) is 6.12. The van der Waals surface area contributed by atoms with E-state index in [4.69, 9.17) is 11.6 Å². The molecular formula is C14H18ClN3. The lowest BCUT2D eigenvalue weighted by atomic mass is 10.2. The molecule has 0 unspecified atom stereocenters. The van der Waals surface area contributed by atoms with Crippen molar-refractivity contribution in [1.29, 1.82) is 0 Å². The molecule has 0 aliphatic rings. The van der Waals surface area contributed by atoms with Gasteiger partial charge in [0.1, 0.15) is 0 Å². The van der Waals surface area contributed by atoms with Crippen LogP contribution in [0, 0.1) is 0 Å². The van der Waals surface area contributed by atoms with Crippen molar-refractivity contribution in [1.82, 2.24) is 14.9 Å². The molecule has 18 heavy (non-hydrogen) atoms. The Hall–Kier alpha value is -1.32. The highest BCUT2D eigenvalue weighted by Crippen LogP contribution is 2.11. The van der Waals surface area contributed by atoms with E-state index in [2.05, 4.69) is 28.7 Å². The van der Waals surface area contributed by atoms with Crippen LogP contribution in [0.3, 0.4) is 0 Å². The molecule has 2 aromatic rings. The number of benzene rings is 1. The molecule has 1 N–H and O–H groups in total. The van der Waals surface area contributed by atoms with Crippen LogP contribution in [0.25, 0.3) is 0 Å². The fourth-order valence-electron chi connectivity index (χ4n) is 1.73. The molecule has 1 heterocycles. The second kappa shape index (κ2) is 6.03. The molecule has 0 amide bonds. The van der Waals surface area contributed by atoms with E-state index < -0.39 is 0 Å². The Morgan fingerprint density at radius 1 is 1.28 bits per heavy atom. The van der Waals surface area contributed by atoms with Gasteiger partial charge in [-0.25, -0.2) is 4.98 Å². The summed E-state index contributed by atoms with van der Waals surface area (Å²) in [7, 11) is 0. The Morgan fingerprint density at radius 3 is 2.67 bits per heavy atom. The largest absolute Gasteiger partial charge is 0.329 e. The Labute approximate surface area is 113 Å². The summed E-state index contributed by atoms with van der Waals surface area (Å²) in [6, 6.07) is 8.40. The zero-order valence-electron chi connectivity index (χ0n) is 10.7. The molecule has 0 saturated carbocycles. The number of imidazole rings is 1. The van der Waals surface area contributed by atoms with Crippen molar-refractivity contribution < 1.29 is 0 Å². The van der Waals surface area contributed by atoms with Crippen LogP contribution in [-0.2, 0) is 13.1 Å². The van der Waals surface area contributed by atoms with Gasteiger partial charge < -0.3 is 9.88 Å². The highest BCUT2D eigenvalue weighted by Gasteiger charge is 2.03. The quantitative estimate of drug-likeness (QED) is 0.899. The first kappa shape index (κ1) is 13.1. The van der Waals surface area contributed by atoms with Crippen LogP contribution >= 0.6 is 11.6 Å². The lowest BCUT2D eigenvalue weighted by molar-refractivity contribution is 0.564. The minimum Gasteiger partial charge on any atom is -0.329 e. The van der Waals surface area contributed by atoms with Gasteiger partial charge in [-0.3, -0.25) is 0 Å². The zero-order valence-corrected chi connectivity index (χ0v) is 11.5. The normalized spacial score (nSPS) is 11.1. The van der Waals surface area contributed by atoms with Crippen LogP contribution in [0.5, 0.6) is 0 Å². The van der Waals surface area contributed by atoms with E-state index in [1.807, 2.05) is 36.8 Å². The molecule has 0 aliphatic heterocycles. The van der Waals surface area contributed by atoms with Crippen LogP contribution in [0.1, 0.15) is 25.1 Å². The highest BCUT2D eigenvalue weighted by atomic mass is 35.5. The predicted molar refractivity (Wildman–Crippen MR) is 74.8 cm³/mol. The van der Waals surface area contributed by atoms with Gasteiger partial charge in [0, 0.05) is 30.4 Å². The molecule has 0 radical (unpaired) electrons. The van der Waals surface area contributed by atoms with E-state index in [9.17, 15) is 0 Å². The van der Waals surface area contributed by atoms with Gasteiger partial charge in [-0.1, -0.05) is 37.6 Å². The van der Waals surface area contributed by atoms with Gasteiger partial charge in [-0.05, 0) is 17.7 Å². The Bertz CT molecular complexity index is 488. The van der Waals surface area contributed by atoms with Gasteiger partial charge in [0.05, 0.1) is 12.0 Å². The van der Waals surface area contributed by atoms with E-state index >= 15 is 0 Å². The maximum atomic E-state index is 5.88. The lowest BCUT2D eigenvalue weighted by Gasteiger charge is -2.11. The Balaban J connectivity index is 2.05. The second-order valence-corrected chi connectivity index (χ2v) is 5.11. The smallest absolute Gasteiger partial charge is 0.0951 e. The van der Waals surface area contributed by atoms with Gasteiger partial charge >= 0.3 is 0 Å². The number of halogens is 1. The summed E-state index contributed by atoms with van der Waals surface area (Å²) >= 11 is 5.88. The van der Waals surface area contributed by atoms with Crippen molar-refractivity contribution in [3.63, 3.8) is 0 Å². The van der Waals surface area contributed by atoms with Gasteiger partial charge in [0.25, 0.3) is 0 Å². The molecule has 0 aliphatic carbocycles. The topological polar surface area (TPSA) is 29.9 Å². The minimum absolute atomic E-state index is 0.476. The highest BCUT2D eigenvalue weighted by molar-refractivity contribution is 6.30. The van der Waals surface area contributed by atoms with E-state index in [0.29, 0.717) is 6.04 Å². The first-order chi connectivity index (χ1) is 8.65. The third-order valence-electron chi connectivity index (χ3n) is 2.76. The van der Waals surface area contributed by atoms with Gasteiger partial charge in [-0.15, -0.1) is 0 Å². The van der Waals surface area contributed by atoms with Gasteiger partial charge in [0.15, 0.2) is 0 Å². The van der Waals surface area contributed by atoms with Crippen molar-refractivity contribution >= 4 is 11.6 Å². The predicted octanol–water partition coefficient (Wildman–Crippen LogP) is 3.08. The van der Waals surface area contributed by atoms with Crippen LogP contribution in [0.2, 0.25) is 5.02 Å². The number of hydrogen-bond donors (Lipinski definition) is 1. The van der Waals surface area contributed by atoms with E-state index in [0.717, 1.165) is 18.1 Å². The maximum Gasteiger partial charge on any atom is 0.0951 e. The fraction of sp³-hybridized carbons (Fsp3) is 0.357. The van der Waals surface area contributed by atoms with E-state index in [1.54, 1.807) is 0 Å². The number of rotatable bonds is 5. The molecular weight excluding hydrogens is 246 g/mol. The van der Waals surface area contributed by atoms with Crippen LogP contribution in [0.4, 0.5) is 0 Å². The van der Waals surface area contributed by atoms with Gasteiger partial charge in [0.2, 0.25) is 0 Å².